The van der Waals surface area contributed by atoms with Gasteiger partial charge in [-0.25, -0.2) is 0 Å². The monoisotopic (exact) mass is 311 g/mol. The van der Waals surface area contributed by atoms with Gasteiger partial charge in [-0.15, -0.1) is 0 Å². The zero-order chi connectivity index (χ0) is 17.0. The highest BCUT2D eigenvalue weighted by atomic mass is 16.5. The number of carbonyl (C=O) groups is 1. The van der Waals surface area contributed by atoms with Crippen molar-refractivity contribution in [2.45, 2.75) is 46.1 Å². The van der Waals surface area contributed by atoms with Crippen molar-refractivity contribution in [3.05, 3.63) is 59.7 Å². The van der Waals surface area contributed by atoms with Crippen molar-refractivity contribution in [2.24, 2.45) is 0 Å². The molecule has 0 saturated heterocycles. The summed E-state index contributed by atoms with van der Waals surface area (Å²) in [6.07, 6.45) is 0.103. The van der Waals surface area contributed by atoms with Crippen LogP contribution < -0.4 is 10.1 Å². The lowest BCUT2D eigenvalue weighted by Crippen LogP contribution is -2.14. The van der Waals surface area contributed by atoms with Crippen LogP contribution in [0, 0.1) is 0 Å². The third-order valence-electron chi connectivity index (χ3n) is 3.48. The topological polar surface area (TPSA) is 38.3 Å². The van der Waals surface area contributed by atoms with Crippen LogP contribution in [0.25, 0.3) is 0 Å². The predicted octanol–water partition coefficient (Wildman–Crippen LogP) is 5.02. The molecule has 2 aromatic rings. The Balaban J connectivity index is 2.10. The zero-order valence-corrected chi connectivity index (χ0v) is 14.5. The van der Waals surface area contributed by atoms with E-state index in [1.807, 2.05) is 62.4 Å². The van der Waals surface area contributed by atoms with Crippen molar-refractivity contribution >= 4 is 11.6 Å². The Bertz CT molecular complexity index is 667. The lowest BCUT2D eigenvalue weighted by molar-refractivity contribution is 0.102. The van der Waals surface area contributed by atoms with Crippen LogP contribution in [0.5, 0.6) is 5.75 Å². The first kappa shape index (κ1) is 17.1. The first-order chi connectivity index (χ1) is 10.8. The van der Waals surface area contributed by atoms with Gasteiger partial charge in [0.05, 0.1) is 6.10 Å². The molecule has 0 bridgehead atoms. The smallest absolute Gasteiger partial charge is 0.255 e. The molecule has 0 heterocycles. The van der Waals surface area contributed by atoms with Gasteiger partial charge in [0, 0.05) is 17.3 Å². The molecule has 0 radical (unpaired) electrons. The molecule has 0 aliphatic rings. The van der Waals surface area contributed by atoms with Crippen molar-refractivity contribution in [2.75, 3.05) is 5.32 Å². The molecule has 0 fully saturated rings. The van der Waals surface area contributed by atoms with Gasteiger partial charge in [0.2, 0.25) is 0 Å². The van der Waals surface area contributed by atoms with E-state index >= 15 is 0 Å². The van der Waals surface area contributed by atoms with E-state index < -0.39 is 0 Å². The molecule has 1 amide bonds. The zero-order valence-electron chi connectivity index (χ0n) is 14.5. The SMILES string of the molecule is CC(C)Oc1cccc(NC(=O)c2ccc(C(C)(C)C)cc2)c1. The lowest BCUT2D eigenvalue weighted by Gasteiger charge is -2.19. The van der Waals surface area contributed by atoms with E-state index in [1.165, 1.54) is 5.56 Å². The molecule has 0 aliphatic heterocycles. The fourth-order valence-corrected chi connectivity index (χ4v) is 2.24. The van der Waals surface area contributed by atoms with E-state index in [9.17, 15) is 4.79 Å². The molecule has 3 nitrogen and oxygen atoms in total. The Hall–Kier alpha value is -2.29. The first-order valence-corrected chi connectivity index (χ1v) is 7.94. The molecule has 0 aliphatic carbocycles. The van der Waals surface area contributed by atoms with Gasteiger partial charge in [0.25, 0.3) is 5.91 Å². The van der Waals surface area contributed by atoms with Crippen LogP contribution in [0.3, 0.4) is 0 Å². The molecule has 0 spiro atoms. The summed E-state index contributed by atoms with van der Waals surface area (Å²) in [7, 11) is 0. The van der Waals surface area contributed by atoms with Crippen LogP contribution >= 0.6 is 0 Å². The highest BCUT2D eigenvalue weighted by Crippen LogP contribution is 2.23. The molecule has 122 valence electrons. The van der Waals surface area contributed by atoms with E-state index in [4.69, 9.17) is 4.74 Å². The summed E-state index contributed by atoms with van der Waals surface area (Å²) in [5.74, 6) is 0.632. The second kappa shape index (κ2) is 6.86. The van der Waals surface area contributed by atoms with Crippen molar-refractivity contribution in [1.82, 2.24) is 0 Å². The minimum absolute atomic E-state index is 0.0809. The Morgan fingerprint density at radius 1 is 1.04 bits per heavy atom. The Kier molecular flexibility index (Phi) is 5.09. The van der Waals surface area contributed by atoms with E-state index in [0.29, 0.717) is 5.56 Å². The van der Waals surface area contributed by atoms with Crippen molar-refractivity contribution < 1.29 is 9.53 Å². The number of carbonyl (C=O) groups excluding carboxylic acids is 1. The summed E-state index contributed by atoms with van der Waals surface area (Å²) >= 11 is 0. The van der Waals surface area contributed by atoms with Gasteiger partial charge in [-0.05, 0) is 49.1 Å². The number of amides is 1. The van der Waals surface area contributed by atoms with Crippen LogP contribution in [0.2, 0.25) is 0 Å². The number of hydrogen-bond acceptors (Lipinski definition) is 2. The second-order valence-electron chi connectivity index (χ2n) is 6.98. The van der Waals surface area contributed by atoms with Crippen LogP contribution in [-0.2, 0) is 5.41 Å². The third-order valence-corrected chi connectivity index (χ3v) is 3.48. The van der Waals surface area contributed by atoms with Crippen molar-refractivity contribution in [1.29, 1.82) is 0 Å². The largest absolute Gasteiger partial charge is 0.491 e. The molecule has 0 saturated carbocycles. The van der Waals surface area contributed by atoms with E-state index in [1.54, 1.807) is 0 Å². The van der Waals surface area contributed by atoms with Crippen LogP contribution in [0.1, 0.15) is 50.5 Å². The molecule has 0 atom stereocenters. The predicted molar refractivity (Wildman–Crippen MR) is 95.3 cm³/mol. The number of rotatable bonds is 4. The highest BCUT2D eigenvalue weighted by molar-refractivity contribution is 6.04. The molecular formula is C20H25NO2. The molecule has 3 heteroatoms. The fraction of sp³-hybridized carbons (Fsp3) is 0.350. The summed E-state index contributed by atoms with van der Waals surface area (Å²) in [4.78, 5) is 12.4. The number of benzene rings is 2. The van der Waals surface area contributed by atoms with Crippen molar-refractivity contribution in [3.8, 4) is 5.75 Å². The van der Waals surface area contributed by atoms with Crippen molar-refractivity contribution in [3.63, 3.8) is 0 Å². The third kappa shape index (κ3) is 4.85. The first-order valence-electron chi connectivity index (χ1n) is 7.94. The van der Waals surface area contributed by atoms with E-state index in [2.05, 4.69) is 26.1 Å². The summed E-state index contributed by atoms with van der Waals surface area (Å²) in [5.41, 5.74) is 2.67. The molecule has 1 N–H and O–H groups in total. The van der Waals surface area contributed by atoms with Gasteiger partial charge in [-0.2, -0.15) is 0 Å². The molecular weight excluding hydrogens is 286 g/mol. The average molecular weight is 311 g/mol. The molecule has 0 aromatic heterocycles. The van der Waals surface area contributed by atoms with E-state index in [0.717, 1.165) is 11.4 Å². The minimum Gasteiger partial charge on any atom is -0.491 e. The number of anilines is 1. The van der Waals surface area contributed by atoms with Crippen LogP contribution in [0.15, 0.2) is 48.5 Å². The average Bonchev–Trinajstić information content (AvgIpc) is 2.46. The maximum Gasteiger partial charge on any atom is 0.255 e. The summed E-state index contributed by atoms with van der Waals surface area (Å²) in [6, 6.07) is 15.2. The number of ether oxygens (including phenoxy) is 1. The van der Waals surface area contributed by atoms with Crippen LogP contribution in [-0.4, -0.2) is 12.0 Å². The molecule has 23 heavy (non-hydrogen) atoms. The van der Waals surface area contributed by atoms with E-state index in [-0.39, 0.29) is 17.4 Å². The quantitative estimate of drug-likeness (QED) is 0.860. The van der Waals surface area contributed by atoms with Gasteiger partial charge < -0.3 is 10.1 Å². The summed E-state index contributed by atoms with van der Waals surface area (Å²) in [6.45, 7) is 10.4. The standard InChI is InChI=1S/C20H25NO2/c1-14(2)23-18-8-6-7-17(13-18)21-19(22)15-9-11-16(12-10-15)20(3,4)5/h6-14H,1-5H3,(H,21,22). The molecule has 0 unspecified atom stereocenters. The van der Waals surface area contributed by atoms with Gasteiger partial charge in [-0.3, -0.25) is 4.79 Å². The lowest BCUT2D eigenvalue weighted by atomic mass is 9.87. The number of hydrogen-bond donors (Lipinski definition) is 1. The minimum atomic E-state index is -0.118. The summed E-state index contributed by atoms with van der Waals surface area (Å²) < 4.78 is 5.64. The number of nitrogens with one attached hydrogen (secondary N) is 1. The highest BCUT2D eigenvalue weighted by Gasteiger charge is 2.14. The van der Waals surface area contributed by atoms with Gasteiger partial charge in [-0.1, -0.05) is 39.0 Å². The fourth-order valence-electron chi connectivity index (χ4n) is 2.24. The van der Waals surface area contributed by atoms with Gasteiger partial charge in [0.15, 0.2) is 0 Å². The van der Waals surface area contributed by atoms with Crippen LogP contribution in [0.4, 0.5) is 5.69 Å². The molecule has 2 rings (SSSR count). The maximum atomic E-state index is 12.4. The van der Waals surface area contributed by atoms with Gasteiger partial charge in [0.1, 0.15) is 5.75 Å². The second-order valence-corrected chi connectivity index (χ2v) is 6.98. The summed E-state index contributed by atoms with van der Waals surface area (Å²) in [5, 5.41) is 2.91. The normalized spacial score (nSPS) is 11.4. The maximum absolute atomic E-state index is 12.4. The van der Waals surface area contributed by atoms with Gasteiger partial charge >= 0.3 is 0 Å². The molecule has 2 aromatic carbocycles. The Labute approximate surface area is 138 Å². The Morgan fingerprint density at radius 2 is 1.70 bits per heavy atom. The Morgan fingerprint density at radius 3 is 2.26 bits per heavy atom.